The van der Waals surface area contributed by atoms with E-state index in [4.69, 9.17) is 0 Å². The molecule has 7 heteroatoms. The highest BCUT2D eigenvalue weighted by molar-refractivity contribution is 7.89. The number of nitrogens with zero attached hydrogens (tertiary/aromatic N) is 1. The summed E-state index contributed by atoms with van der Waals surface area (Å²) in [7, 11) is -3.54. The lowest BCUT2D eigenvalue weighted by Crippen LogP contribution is -2.42. The molecule has 0 radical (unpaired) electrons. The lowest BCUT2D eigenvalue weighted by molar-refractivity contribution is -0.126. The molecular formula is C24H29FN2O3S. The van der Waals surface area contributed by atoms with E-state index >= 15 is 0 Å². The lowest BCUT2D eigenvalue weighted by Gasteiger charge is -2.31. The van der Waals surface area contributed by atoms with E-state index in [2.05, 4.69) is 5.32 Å². The fourth-order valence-corrected chi connectivity index (χ4v) is 6.05. The molecule has 166 valence electrons. The van der Waals surface area contributed by atoms with E-state index in [1.165, 1.54) is 15.9 Å². The lowest BCUT2D eigenvalue weighted by atomic mass is 9.92. The van der Waals surface area contributed by atoms with Crippen molar-refractivity contribution >= 4 is 15.9 Å². The number of hydrogen-bond donors (Lipinski definition) is 1. The molecule has 1 saturated heterocycles. The summed E-state index contributed by atoms with van der Waals surface area (Å²) < 4.78 is 41.1. The number of nitrogens with one attached hydrogen (secondary N) is 1. The van der Waals surface area contributed by atoms with Gasteiger partial charge in [0.15, 0.2) is 0 Å². The van der Waals surface area contributed by atoms with E-state index in [0.29, 0.717) is 42.9 Å². The molecule has 1 fully saturated rings. The second-order valence-electron chi connectivity index (χ2n) is 8.62. The van der Waals surface area contributed by atoms with Crippen LogP contribution in [0.3, 0.4) is 0 Å². The summed E-state index contributed by atoms with van der Waals surface area (Å²) in [5.41, 5.74) is 3.81. The van der Waals surface area contributed by atoms with Crippen molar-refractivity contribution in [1.82, 2.24) is 9.62 Å². The predicted molar refractivity (Wildman–Crippen MR) is 118 cm³/mol. The quantitative estimate of drug-likeness (QED) is 0.764. The topological polar surface area (TPSA) is 66.5 Å². The Morgan fingerprint density at radius 1 is 1.06 bits per heavy atom. The minimum Gasteiger partial charge on any atom is -0.352 e. The maximum atomic E-state index is 13.4. The molecule has 2 aromatic rings. The highest BCUT2D eigenvalue weighted by Gasteiger charge is 2.32. The van der Waals surface area contributed by atoms with Gasteiger partial charge in [0.25, 0.3) is 0 Å². The van der Waals surface area contributed by atoms with Gasteiger partial charge in [-0.25, -0.2) is 12.8 Å². The van der Waals surface area contributed by atoms with Crippen molar-refractivity contribution in [2.75, 3.05) is 13.1 Å². The summed E-state index contributed by atoms with van der Waals surface area (Å²) in [6.07, 6.45) is 5.23. The molecule has 0 aromatic heterocycles. The van der Waals surface area contributed by atoms with Crippen molar-refractivity contribution in [2.24, 2.45) is 5.92 Å². The maximum absolute atomic E-state index is 13.4. The molecule has 0 saturated carbocycles. The first-order chi connectivity index (χ1) is 14.8. The summed E-state index contributed by atoms with van der Waals surface area (Å²) in [6.45, 7) is 2.72. The third-order valence-electron chi connectivity index (χ3n) is 6.47. The van der Waals surface area contributed by atoms with Crippen LogP contribution in [0.15, 0.2) is 41.3 Å². The van der Waals surface area contributed by atoms with Gasteiger partial charge < -0.3 is 5.32 Å². The Hall–Kier alpha value is -2.25. The Labute approximate surface area is 183 Å². The van der Waals surface area contributed by atoms with Crippen molar-refractivity contribution in [3.8, 4) is 0 Å². The number of rotatable bonds is 5. The van der Waals surface area contributed by atoms with Crippen molar-refractivity contribution in [2.45, 2.75) is 56.9 Å². The first kappa shape index (κ1) is 22.0. The van der Waals surface area contributed by atoms with Gasteiger partial charge in [-0.05, 0) is 85.9 Å². The molecule has 2 aromatic carbocycles. The zero-order valence-electron chi connectivity index (χ0n) is 17.9. The minimum atomic E-state index is -3.54. The molecule has 0 atom stereocenters. The van der Waals surface area contributed by atoms with Gasteiger partial charge in [0, 0.05) is 25.6 Å². The number of hydrogen-bond acceptors (Lipinski definition) is 3. The van der Waals surface area contributed by atoms with E-state index < -0.39 is 10.0 Å². The van der Waals surface area contributed by atoms with Crippen LogP contribution in [-0.4, -0.2) is 31.7 Å². The molecule has 1 N–H and O–H groups in total. The average molecular weight is 445 g/mol. The number of fused-ring (bicyclic) bond motifs is 1. The van der Waals surface area contributed by atoms with Gasteiger partial charge in [-0.3, -0.25) is 4.79 Å². The standard InChI is InChI=1S/C24H29FN2O3S/c1-17-14-18(6-9-23(17)25)16-26-24(28)20-10-12-27(13-11-20)31(29,30)22-8-7-19-4-2-3-5-21(19)15-22/h6-9,14-15,20H,2-5,10-13,16H2,1H3,(H,26,28). The number of halogens is 1. The summed E-state index contributed by atoms with van der Waals surface area (Å²) in [5.74, 6) is -0.549. The SMILES string of the molecule is Cc1cc(CNC(=O)C2CCN(S(=O)(=O)c3ccc4c(c3)CCCC4)CC2)ccc1F. The molecule has 1 aliphatic heterocycles. The van der Waals surface area contributed by atoms with Crippen LogP contribution >= 0.6 is 0 Å². The number of carbonyl (C=O) groups excluding carboxylic acids is 1. The van der Waals surface area contributed by atoms with E-state index in [1.807, 2.05) is 12.1 Å². The van der Waals surface area contributed by atoms with Gasteiger partial charge in [0.05, 0.1) is 4.90 Å². The van der Waals surface area contributed by atoms with Gasteiger partial charge in [-0.2, -0.15) is 4.31 Å². The summed E-state index contributed by atoms with van der Waals surface area (Å²) in [5, 5.41) is 2.91. The molecule has 0 bridgehead atoms. The van der Waals surface area contributed by atoms with Crippen molar-refractivity contribution < 1.29 is 17.6 Å². The molecule has 4 rings (SSSR count). The van der Waals surface area contributed by atoms with E-state index in [9.17, 15) is 17.6 Å². The van der Waals surface area contributed by atoms with E-state index in [-0.39, 0.29) is 17.6 Å². The van der Waals surface area contributed by atoms with Gasteiger partial charge >= 0.3 is 0 Å². The van der Waals surface area contributed by atoms with Crippen LogP contribution < -0.4 is 5.32 Å². The second kappa shape index (κ2) is 9.09. The smallest absolute Gasteiger partial charge is 0.243 e. The zero-order valence-corrected chi connectivity index (χ0v) is 18.7. The Kier molecular flexibility index (Phi) is 6.44. The van der Waals surface area contributed by atoms with Crippen LogP contribution in [0.1, 0.15) is 47.9 Å². The fraction of sp³-hybridized carbons (Fsp3) is 0.458. The summed E-state index contributed by atoms with van der Waals surface area (Å²) in [6, 6.07) is 10.3. The van der Waals surface area contributed by atoms with E-state index in [1.54, 1.807) is 25.1 Å². The molecule has 1 aliphatic carbocycles. The second-order valence-corrected chi connectivity index (χ2v) is 10.6. The molecule has 1 amide bonds. The highest BCUT2D eigenvalue weighted by Crippen LogP contribution is 2.28. The maximum Gasteiger partial charge on any atom is 0.243 e. The summed E-state index contributed by atoms with van der Waals surface area (Å²) >= 11 is 0. The number of amides is 1. The van der Waals surface area contributed by atoms with Crippen LogP contribution in [0.2, 0.25) is 0 Å². The third-order valence-corrected chi connectivity index (χ3v) is 8.37. The Balaban J connectivity index is 1.34. The van der Waals surface area contributed by atoms with Crippen molar-refractivity contribution in [1.29, 1.82) is 0 Å². The molecule has 31 heavy (non-hydrogen) atoms. The average Bonchev–Trinajstić information content (AvgIpc) is 2.79. The van der Waals surface area contributed by atoms with Crippen LogP contribution in [0.5, 0.6) is 0 Å². The normalized spacial score (nSPS) is 17.9. The predicted octanol–water partition coefficient (Wildman–Crippen LogP) is 3.73. The van der Waals surface area contributed by atoms with Gasteiger partial charge in [-0.15, -0.1) is 0 Å². The first-order valence-corrected chi connectivity index (χ1v) is 12.4. The minimum absolute atomic E-state index is 0.0761. The summed E-state index contributed by atoms with van der Waals surface area (Å²) in [4.78, 5) is 12.9. The largest absolute Gasteiger partial charge is 0.352 e. The number of aryl methyl sites for hydroxylation is 3. The molecule has 2 aliphatic rings. The number of benzene rings is 2. The molecule has 1 heterocycles. The zero-order chi connectivity index (χ0) is 22.0. The van der Waals surface area contributed by atoms with Crippen molar-refractivity contribution in [3.05, 3.63) is 64.5 Å². The molecule has 0 spiro atoms. The molecular weight excluding hydrogens is 415 g/mol. The van der Waals surface area contributed by atoms with E-state index in [0.717, 1.165) is 36.8 Å². The molecule has 0 unspecified atom stereocenters. The Morgan fingerprint density at radius 2 is 1.77 bits per heavy atom. The third kappa shape index (κ3) is 4.83. The van der Waals surface area contributed by atoms with Gasteiger partial charge in [0.2, 0.25) is 15.9 Å². The van der Waals surface area contributed by atoms with Crippen LogP contribution in [0, 0.1) is 18.7 Å². The Morgan fingerprint density at radius 3 is 2.48 bits per heavy atom. The van der Waals surface area contributed by atoms with Crippen LogP contribution in [0.25, 0.3) is 0 Å². The van der Waals surface area contributed by atoms with Gasteiger partial charge in [-0.1, -0.05) is 18.2 Å². The van der Waals surface area contributed by atoms with Crippen LogP contribution in [-0.2, 0) is 34.2 Å². The number of piperidine rings is 1. The fourth-order valence-electron chi connectivity index (χ4n) is 4.53. The monoisotopic (exact) mass is 444 g/mol. The number of sulfonamides is 1. The first-order valence-electron chi connectivity index (χ1n) is 11.0. The van der Waals surface area contributed by atoms with Gasteiger partial charge in [0.1, 0.15) is 5.82 Å². The van der Waals surface area contributed by atoms with Crippen molar-refractivity contribution in [3.63, 3.8) is 0 Å². The highest BCUT2D eigenvalue weighted by atomic mass is 32.2. The number of carbonyl (C=O) groups is 1. The Bertz CT molecular complexity index is 1080. The van der Waals surface area contributed by atoms with Crippen LogP contribution in [0.4, 0.5) is 4.39 Å². The molecule has 5 nitrogen and oxygen atoms in total.